The molecule has 4 rings (SSSR count). The summed E-state index contributed by atoms with van der Waals surface area (Å²) in [6.07, 6.45) is 1.08. The number of carbonyl (C=O) groups is 4. The molecule has 2 amide bonds. The lowest BCUT2D eigenvalue weighted by Gasteiger charge is -2.29. The average Bonchev–Trinajstić information content (AvgIpc) is 3.02. The van der Waals surface area contributed by atoms with Gasteiger partial charge in [-0.2, -0.15) is 0 Å². The van der Waals surface area contributed by atoms with E-state index in [9.17, 15) is 19.2 Å². The van der Waals surface area contributed by atoms with Crippen LogP contribution in [0.25, 0.3) is 0 Å². The lowest BCUT2D eigenvalue weighted by molar-refractivity contribution is -0.122. The van der Waals surface area contributed by atoms with E-state index in [4.69, 9.17) is 4.74 Å². The van der Waals surface area contributed by atoms with Crippen LogP contribution in [0.1, 0.15) is 33.6 Å². The number of benzene rings is 2. The number of imide groups is 1. The fourth-order valence-corrected chi connectivity index (χ4v) is 5.33. The summed E-state index contributed by atoms with van der Waals surface area (Å²) in [4.78, 5) is 52.5. The summed E-state index contributed by atoms with van der Waals surface area (Å²) < 4.78 is 5.22. The Kier molecular flexibility index (Phi) is 6.39. The van der Waals surface area contributed by atoms with Gasteiger partial charge >= 0.3 is 5.97 Å². The highest BCUT2D eigenvalue weighted by Gasteiger charge is 2.52. The number of Topliss-reactive ketones (excluding diaryl/α,β-unsaturated/α-hetero) is 1. The van der Waals surface area contributed by atoms with E-state index in [0.717, 1.165) is 4.90 Å². The molecule has 0 N–H and O–H groups in total. The molecule has 0 unspecified atom stereocenters. The van der Waals surface area contributed by atoms with E-state index in [1.165, 1.54) is 6.07 Å². The highest BCUT2D eigenvalue weighted by molar-refractivity contribution is 9.12. The van der Waals surface area contributed by atoms with Crippen LogP contribution in [-0.4, -0.2) is 39.8 Å². The topological polar surface area (TPSA) is 80.8 Å². The van der Waals surface area contributed by atoms with Gasteiger partial charge in [-0.1, -0.05) is 74.3 Å². The minimum Gasteiger partial charge on any atom is -0.454 e. The predicted octanol–water partition coefficient (Wildman–Crippen LogP) is 4.15. The van der Waals surface area contributed by atoms with Crippen molar-refractivity contribution >= 4 is 61.1 Å². The van der Waals surface area contributed by atoms with Crippen molar-refractivity contribution in [1.82, 2.24) is 0 Å². The van der Waals surface area contributed by atoms with Crippen LogP contribution in [0, 0.1) is 11.8 Å². The molecule has 4 atom stereocenters. The number of fused-ring (bicyclic) bond motifs is 1. The lowest BCUT2D eigenvalue weighted by atomic mass is 9.81. The molecule has 2 aliphatic rings. The largest absolute Gasteiger partial charge is 0.454 e. The van der Waals surface area contributed by atoms with Crippen LogP contribution in [0.15, 0.2) is 54.6 Å². The number of amides is 2. The molecule has 1 aliphatic heterocycles. The summed E-state index contributed by atoms with van der Waals surface area (Å²) in [7, 11) is 0. The van der Waals surface area contributed by atoms with E-state index in [-0.39, 0.29) is 38.5 Å². The third kappa shape index (κ3) is 4.23. The van der Waals surface area contributed by atoms with Crippen molar-refractivity contribution in [3.63, 3.8) is 0 Å². The number of rotatable bonds is 5. The lowest BCUT2D eigenvalue weighted by Crippen LogP contribution is -2.34. The van der Waals surface area contributed by atoms with Gasteiger partial charge in [-0.25, -0.2) is 9.69 Å². The van der Waals surface area contributed by atoms with Gasteiger partial charge in [-0.15, -0.1) is 0 Å². The number of ketones is 1. The molecule has 160 valence electrons. The van der Waals surface area contributed by atoms with E-state index in [0.29, 0.717) is 18.4 Å². The van der Waals surface area contributed by atoms with Crippen LogP contribution in [0.5, 0.6) is 0 Å². The van der Waals surface area contributed by atoms with Crippen molar-refractivity contribution in [2.75, 3.05) is 11.5 Å². The summed E-state index contributed by atoms with van der Waals surface area (Å²) in [6.45, 7) is -0.430. The van der Waals surface area contributed by atoms with Gasteiger partial charge in [0.2, 0.25) is 11.8 Å². The first kappa shape index (κ1) is 21.9. The molecule has 1 heterocycles. The van der Waals surface area contributed by atoms with E-state index in [2.05, 4.69) is 31.9 Å². The van der Waals surface area contributed by atoms with Crippen molar-refractivity contribution in [3.05, 3.63) is 65.7 Å². The molecule has 6 nitrogen and oxygen atoms in total. The Morgan fingerprint density at radius 2 is 1.42 bits per heavy atom. The molecule has 2 fully saturated rings. The number of ether oxygens (including phenoxy) is 1. The first-order valence-electron chi connectivity index (χ1n) is 9.89. The second-order valence-corrected chi connectivity index (χ2v) is 9.96. The molecule has 0 aromatic heterocycles. The number of halogens is 2. The number of hydrogen-bond acceptors (Lipinski definition) is 5. The minimum atomic E-state index is -0.757. The van der Waals surface area contributed by atoms with Crippen LogP contribution < -0.4 is 4.90 Å². The van der Waals surface area contributed by atoms with Gasteiger partial charge in [0.1, 0.15) is 0 Å². The van der Waals surface area contributed by atoms with Crippen LogP contribution >= 0.6 is 31.9 Å². The number of para-hydroxylation sites is 1. The van der Waals surface area contributed by atoms with Crippen LogP contribution in [0.4, 0.5) is 5.69 Å². The molecule has 0 radical (unpaired) electrons. The summed E-state index contributed by atoms with van der Waals surface area (Å²) in [5.74, 6) is -2.55. The Morgan fingerprint density at radius 1 is 0.871 bits per heavy atom. The minimum absolute atomic E-state index is 0.0782. The van der Waals surface area contributed by atoms with Crippen molar-refractivity contribution in [1.29, 1.82) is 0 Å². The molecule has 8 heteroatoms. The Hall–Kier alpha value is -2.32. The molecular weight excluding hydrogens is 530 g/mol. The Labute approximate surface area is 196 Å². The zero-order chi connectivity index (χ0) is 22.1. The highest BCUT2D eigenvalue weighted by atomic mass is 79.9. The number of anilines is 1. The highest BCUT2D eigenvalue weighted by Crippen LogP contribution is 2.44. The summed E-state index contributed by atoms with van der Waals surface area (Å²) >= 11 is 7.14. The molecule has 2 aromatic rings. The van der Waals surface area contributed by atoms with Crippen molar-refractivity contribution in [2.45, 2.75) is 22.5 Å². The number of esters is 1. The van der Waals surface area contributed by atoms with Gasteiger partial charge in [-0.05, 0) is 25.0 Å². The van der Waals surface area contributed by atoms with Crippen molar-refractivity contribution < 1.29 is 23.9 Å². The van der Waals surface area contributed by atoms with E-state index >= 15 is 0 Å². The van der Waals surface area contributed by atoms with E-state index in [1.807, 2.05) is 0 Å². The van der Waals surface area contributed by atoms with Crippen molar-refractivity contribution in [2.24, 2.45) is 11.8 Å². The zero-order valence-electron chi connectivity index (χ0n) is 16.4. The standard InChI is InChI=1S/C23H19Br2NO5/c24-17-10-15-16(11-18(17)25)22(29)26(21(15)28)19-9-5-4-8-14(19)23(30)31-12-20(27)13-6-2-1-3-7-13/h1-9,15-18H,10-12H2/t15-,16-,17-,18+/m1/s1. The predicted molar refractivity (Wildman–Crippen MR) is 122 cm³/mol. The van der Waals surface area contributed by atoms with Crippen molar-refractivity contribution in [3.8, 4) is 0 Å². The van der Waals surface area contributed by atoms with E-state index in [1.54, 1.807) is 48.5 Å². The molecular formula is C23H19Br2NO5. The average molecular weight is 549 g/mol. The second-order valence-electron chi connectivity index (χ2n) is 7.61. The van der Waals surface area contributed by atoms with Gasteiger partial charge in [0.05, 0.1) is 23.1 Å². The van der Waals surface area contributed by atoms with E-state index < -0.39 is 24.4 Å². The third-order valence-corrected chi connectivity index (χ3v) is 8.44. The Morgan fingerprint density at radius 3 is 2.03 bits per heavy atom. The maximum atomic E-state index is 13.1. The van der Waals surface area contributed by atoms with Gasteiger partial charge in [0.15, 0.2) is 12.4 Å². The monoisotopic (exact) mass is 547 g/mol. The molecule has 1 saturated heterocycles. The summed E-state index contributed by atoms with van der Waals surface area (Å²) in [5, 5.41) is 0. The Balaban J connectivity index is 1.55. The normalized spacial score (nSPS) is 25.3. The number of alkyl halides is 2. The number of hydrogen-bond donors (Lipinski definition) is 0. The quantitative estimate of drug-likeness (QED) is 0.243. The molecule has 2 aromatic carbocycles. The van der Waals surface area contributed by atoms with Crippen LogP contribution in [-0.2, 0) is 14.3 Å². The SMILES string of the molecule is O=C(COC(=O)c1ccccc1N1C(=O)[C@@H]2C[C@@H](Br)[C@@H](Br)C[C@H]2C1=O)c1ccccc1. The second kappa shape index (κ2) is 9.04. The van der Waals surface area contributed by atoms with Gasteiger partial charge in [-0.3, -0.25) is 14.4 Å². The van der Waals surface area contributed by atoms with Gasteiger partial charge in [0, 0.05) is 15.2 Å². The summed E-state index contributed by atoms with van der Waals surface area (Å²) in [6, 6.07) is 14.9. The zero-order valence-corrected chi connectivity index (χ0v) is 19.5. The maximum absolute atomic E-state index is 13.1. The fraction of sp³-hybridized carbons (Fsp3) is 0.304. The first-order valence-corrected chi connectivity index (χ1v) is 11.7. The van der Waals surface area contributed by atoms with Gasteiger partial charge < -0.3 is 4.74 Å². The number of nitrogens with zero attached hydrogens (tertiary/aromatic N) is 1. The smallest absolute Gasteiger partial charge is 0.340 e. The molecule has 31 heavy (non-hydrogen) atoms. The fourth-order valence-electron chi connectivity index (χ4n) is 4.09. The maximum Gasteiger partial charge on any atom is 0.340 e. The number of carbonyl (C=O) groups excluding carboxylic acids is 4. The molecule has 1 saturated carbocycles. The van der Waals surface area contributed by atoms with Crippen LogP contribution in [0.2, 0.25) is 0 Å². The first-order chi connectivity index (χ1) is 14.9. The molecule has 1 aliphatic carbocycles. The summed E-state index contributed by atoms with van der Waals surface area (Å²) in [5.41, 5.74) is 0.710. The molecule has 0 spiro atoms. The third-order valence-electron chi connectivity index (χ3n) is 5.71. The Bertz CT molecular complexity index is 1010. The van der Waals surface area contributed by atoms with Gasteiger partial charge in [0.25, 0.3) is 0 Å². The molecule has 0 bridgehead atoms. The van der Waals surface area contributed by atoms with Crippen LogP contribution in [0.3, 0.4) is 0 Å².